The number of rotatable bonds is 57. The van der Waals surface area contributed by atoms with Crippen LogP contribution < -0.4 is 0 Å². The summed E-state index contributed by atoms with van der Waals surface area (Å²) in [4.78, 5) is 38.4. The average Bonchev–Trinajstić information content (AvgIpc) is 3.49. The molecular weight excluding hydrogens is 1020 g/mol. The van der Waals surface area contributed by atoms with Gasteiger partial charge in [0.15, 0.2) is 6.10 Å². The molecule has 0 aromatic carbocycles. The highest BCUT2D eigenvalue weighted by Crippen LogP contribution is 2.14. The smallest absolute Gasteiger partial charge is 0.306 e. The molecule has 0 saturated carbocycles. The molecular formula is C77H118O6. The van der Waals surface area contributed by atoms with Gasteiger partial charge in [-0.1, -0.05) is 267 Å². The maximum absolute atomic E-state index is 12.9. The molecule has 0 rings (SSSR count). The first-order valence-electron chi connectivity index (χ1n) is 32.9. The van der Waals surface area contributed by atoms with Crippen LogP contribution in [-0.4, -0.2) is 37.2 Å². The molecule has 0 saturated heterocycles. The summed E-state index contributed by atoms with van der Waals surface area (Å²) in [5.41, 5.74) is 0. The molecule has 0 radical (unpaired) electrons. The number of hydrogen-bond donors (Lipinski definition) is 0. The Balaban J connectivity index is 4.51. The summed E-state index contributed by atoms with van der Waals surface area (Å²) in [6.45, 7) is 6.23. The highest BCUT2D eigenvalue weighted by molar-refractivity contribution is 5.71. The van der Waals surface area contributed by atoms with Gasteiger partial charge in [-0.15, -0.1) is 0 Å². The maximum atomic E-state index is 12.9. The van der Waals surface area contributed by atoms with Crippen molar-refractivity contribution in [2.45, 2.75) is 258 Å². The monoisotopic (exact) mass is 1140 g/mol. The fourth-order valence-corrected chi connectivity index (χ4v) is 8.26. The van der Waals surface area contributed by atoms with E-state index in [1.165, 1.54) is 25.7 Å². The number of hydrogen-bond acceptors (Lipinski definition) is 6. The number of allylic oxidation sites excluding steroid dienone is 32. The molecule has 0 heterocycles. The van der Waals surface area contributed by atoms with Crippen molar-refractivity contribution in [3.63, 3.8) is 0 Å². The van der Waals surface area contributed by atoms with Crippen LogP contribution in [-0.2, 0) is 28.6 Å². The van der Waals surface area contributed by atoms with E-state index < -0.39 is 6.10 Å². The van der Waals surface area contributed by atoms with Crippen molar-refractivity contribution < 1.29 is 28.6 Å². The first-order chi connectivity index (χ1) is 41.0. The van der Waals surface area contributed by atoms with E-state index in [-0.39, 0.29) is 44.0 Å². The van der Waals surface area contributed by atoms with Gasteiger partial charge < -0.3 is 14.2 Å². The summed E-state index contributed by atoms with van der Waals surface area (Å²) >= 11 is 0. The van der Waals surface area contributed by atoms with Gasteiger partial charge in [0.25, 0.3) is 0 Å². The molecule has 0 aliphatic heterocycles. The standard InChI is InChI=1S/C77H118O6/c1-4-7-10-13-16-19-22-25-28-30-32-34-36-38-40-42-44-46-49-52-55-58-61-64-67-70-76(79)82-73-74(72-81-75(78)69-66-63-60-57-54-51-48-27-24-21-18-15-12-9-6-3)83-77(80)71-68-65-62-59-56-53-50-47-45-43-41-39-37-35-33-31-29-26-23-20-17-14-11-8-5-2/h7-12,16-21,25-29,32-35,38-41,44-48,54,57,74H,4-6,13-15,22-24,30-31,36-37,42-43,49-53,55-56,58-73H2,1-3H3/b10-7-,11-8-,12-9-,19-16-,20-17-,21-18-,28-25-,29-26-,34-32-,35-33-,40-38-,41-39-,46-44-,47-45-,48-27-,57-54-. The molecule has 0 spiro atoms. The second kappa shape index (κ2) is 68.7. The van der Waals surface area contributed by atoms with Crippen LogP contribution in [0.3, 0.4) is 0 Å². The highest BCUT2D eigenvalue weighted by atomic mass is 16.6. The Morgan fingerprint density at radius 1 is 0.241 bits per heavy atom. The van der Waals surface area contributed by atoms with Crippen molar-refractivity contribution in [2.24, 2.45) is 0 Å². The Morgan fingerprint density at radius 2 is 0.434 bits per heavy atom. The van der Waals surface area contributed by atoms with Crippen LogP contribution in [0.5, 0.6) is 0 Å². The molecule has 6 heteroatoms. The lowest BCUT2D eigenvalue weighted by Gasteiger charge is -2.18. The lowest BCUT2D eigenvalue weighted by molar-refractivity contribution is -0.167. The van der Waals surface area contributed by atoms with Gasteiger partial charge >= 0.3 is 17.9 Å². The first kappa shape index (κ1) is 77.2. The van der Waals surface area contributed by atoms with Crippen molar-refractivity contribution in [1.29, 1.82) is 0 Å². The summed E-state index contributed by atoms with van der Waals surface area (Å²) in [5.74, 6) is -0.995. The largest absolute Gasteiger partial charge is 0.462 e. The quantitative estimate of drug-likeness (QED) is 0.0261. The maximum Gasteiger partial charge on any atom is 0.306 e. The van der Waals surface area contributed by atoms with Crippen molar-refractivity contribution in [3.8, 4) is 0 Å². The molecule has 0 amide bonds. The zero-order valence-corrected chi connectivity index (χ0v) is 52.9. The van der Waals surface area contributed by atoms with Crippen LogP contribution in [0.25, 0.3) is 0 Å². The molecule has 1 atom stereocenters. The predicted octanol–water partition coefficient (Wildman–Crippen LogP) is 23.0. The normalized spacial score (nSPS) is 13.4. The lowest BCUT2D eigenvalue weighted by atomic mass is 10.1. The number of ether oxygens (including phenoxy) is 3. The van der Waals surface area contributed by atoms with Crippen LogP contribution in [0, 0.1) is 0 Å². The van der Waals surface area contributed by atoms with Crippen molar-refractivity contribution >= 4 is 17.9 Å². The molecule has 462 valence electrons. The van der Waals surface area contributed by atoms with Gasteiger partial charge in [0.05, 0.1) is 0 Å². The van der Waals surface area contributed by atoms with Gasteiger partial charge in [-0.2, -0.15) is 0 Å². The molecule has 1 unspecified atom stereocenters. The summed E-state index contributed by atoms with van der Waals surface area (Å²) in [5, 5.41) is 0. The molecule has 0 aliphatic carbocycles. The van der Waals surface area contributed by atoms with Gasteiger partial charge in [0.2, 0.25) is 0 Å². The van der Waals surface area contributed by atoms with Crippen LogP contribution in [0.1, 0.15) is 252 Å². The molecule has 6 nitrogen and oxygen atoms in total. The zero-order chi connectivity index (χ0) is 59.9. The van der Waals surface area contributed by atoms with E-state index in [1.807, 2.05) is 0 Å². The van der Waals surface area contributed by atoms with E-state index >= 15 is 0 Å². The van der Waals surface area contributed by atoms with E-state index in [2.05, 4.69) is 215 Å². The lowest BCUT2D eigenvalue weighted by Crippen LogP contribution is -2.30. The number of carbonyl (C=O) groups excluding carboxylic acids is 3. The number of carbonyl (C=O) groups is 3. The van der Waals surface area contributed by atoms with Gasteiger partial charge in [0.1, 0.15) is 13.2 Å². The summed E-state index contributed by atoms with van der Waals surface area (Å²) in [7, 11) is 0. The fourth-order valence-electron chi connectivity index (χ4n) is 8.26. The van der Waals surface area contributed by atoms with Gasteiger partial charge in [0, 0.05) is 19.3 Å². The topological polar surface area (TPSA) is 78.9 Å². The number of unbranched alkanes of at least 4 members (excludes halogenated alkanes) is 14. The Morgan fingerprint density at radius 3 is 0.699 bits per heavy atom. The van der Waals surface area contributed by atoms with Crippen LogP contribution in [0.2, 0.25) is 0 Å². The van der Waals surface area contributed by atoms with Crippen molar-refractivity contribution in [1.82, 2.24) is 0 Å². The summed E-state index contributed by atoms with van der Waals surface area (Å²) in [6, 6.07) is 0. The van der Waals surface area contributed by atoms with Gasteiger partial charge in [-0.05, 0) is 161 Å². The molecule has 0 aromatic rings. The Hall–Kier alpha value is -5.75. The summed E-state index contributed by atoms with van der Waals surface area (Å²) in [6.07, 6.45) is 104. The van der Waals surface area contributed by atoms with E-state index in [1.54, 1.807) is 0 Å². The predicted molar refractivity (Wildman–Crippen MR) is 361 cm³/mol. The minimum absolute atomic E-state index is 0.116. The third-order valence-electron chi connectivity index (χ3n) is 13.1. The molecule has 0 aliphatic rings. The van der Waals surface area contributed by atoms with E-state index in [0.29, 0.717) is 12.8 Å². The van der Waals surface area contributed by atoms with E-state index in [4.69, 9.17) is 14.2 Å². The fraction of sp³-hybridized carbons (Fsp3) is 0.545. The molecule has 0 aromatic heterocycles. The van der Waals surface area contributed by atoms with Crippen LogP contribution in [0.15, 0.2) is 194 Å². The molecule has 0 fully saturated rings. The Bertz CT molecular complexity index is 1990. The molecule has 83 heavy (non-hydrogen) atoms. The Labute approximate surface area is 509 Å². The minimum atomic E-state index is -0.824. The second-order valence-corrected chi connectivity index (χ2v) is 20.9. The van der Waals surface area contributed by atoms with Crippen LogP contribution in [0.4, 0.5) is 0 Å². The Kier molecular flexibility index (Phi) is 64.0. The highest BCUT2D eigenvalue weighted by Gasteiger charge is 2.19. The first-order valence-corrected chi connectivity index (χ1v) is 32.9. The van der Waals surface area contributed by atoms with E-state index in [0.717, 1.165) is 180 Å². The van der Waals surface area contributed by atoms with Crippen molar-refractivity contribution in [2.75, 3.05) is 13.2 Å². The zero-order valence-electron chi connectivity index (χ0n) is 52.9. The van der Waals surface area contributed by atoms with Crippen LogP contribution >= 0.6 is 0 Å². The van der Waals surface area contributed by atoms with Crippen molar-refractivity contribution in [3.05, 3.63) is 194 Å². The molecule has 0 N–H and O–H groups in total. The minimum Gasteiger partial charge on any atom is -0.462 e. The van der Waals surface area contributed by atoms with Gasteiger partial charge in [-0.3, -0.25) is 14.4 Å². The molecule has 0 bridgehead atoms. The van der Waals surface area contributed by atoms with E-state index in [9.17, 15) is 14.4 Å². The summed E-state index contributed by atoms with van der Waals surface area (Å²) < 4.78 is 16.9. The number of esters is 3. The third-order valence-corrected chi connectivity index (χ3v) is 13.1. The second-order valence-electron chi connectivity index (χ2n) is 20.9. The average molecular weight is 1140 g/mol. The van der Waals surface area contributed by atoms with Gasteiger partial charge in [-0.25, -0.2) is 0 Å². The third kappa shape index (κ3) is 66.9. The SMILES string of the molecule is CC/C=C\C/C=C\C/C=C\C/C=C\C/C=C\C/C=C\CCCCCCCCC(=O)OCC(COC(=O)CCCC/C=C\C/C=C\C/C=C\C/C=C\CC)OC(=O)CCCCCCCC/C=C\C/C=C\C/C=C\C/C=C\C/C=C\C/C=C\CC.